The van der Waals surface area contributed by atoms with E-state index in [9.17, 15) is 4.79 Å². The normalized spacial score (nSPS) is 16.2. The number of rotatable bonds is 5. The minimum atomic E-state index is 0.257. The molecule has 1 aliphatic heterocycles. The first-order valence-corrected chi connectivity index (χ1v) is 9.05. The molecule has 1 fully saturated rings. The summed E-state index contributed by atoms with van der Waals surface area (Å²) in [5.41, 5.74) is 4.61. The predicted molar refractivity (Wildman–Crippen MR) is 96.2 cm³/mol. The van der Waals surface area contributed by atoms with Gasteiger partial charge in [0, 0.05) is 57.4 Å². The van der Waals surface area contributed by atoms with Crippen molar-refractivity contribution in [3.05, 3.63) is 41.1 Å². The number of amides is 1. The van der Waals surface area contributed by atoms with Gasteiger partial charge in [0.15, 0.2) is 0 Å². The van der Waals surface area contributed by atoms with Crippen molar-refractivity contribution in [3.63, 3.8) is 0 Å². The Bertz CT molecular complexity index is 705. The monoisotopic (exact) mass is 344 g/mol. The zero-order valence-electron chi connectivity index (χ0n) is 15.5. The zero-order chi connectivity index (χ0) is 17.8. The number of aromatic nitrogens is 2. The van der Waals surface area contributed by atoms with E-state index in [-0.39, 0.29) is 5.91 Å². The molecule has 1 amide bonds. The number of hydrogen-bond acceptors (Lipinski definition) is 4. The Kier molecular flexibility index (Phi) is 5.58. The molecular formula is C19H28N4O2. The standard InChI is InChI=1S/C19H28N4O2/c1-15-18(16(2)21(3)20-15)5-6-19(24)23-9-4-8-22(10-11-23)13-17-7-12-25-14-17/h7,12,14H,4-6,8-11,13H2,1-3H3. The fraction of sp³-hybridized carbons (Fsp3) is 0.579. The lowest BCUT2D eigenvalue weighted by Gasteiger charge is -2.21. The average molecular weight is 344 g/mol. The topological polar surface area (TPSA) is 54.5 Å². The molecule has 0 bridgehead atoms. The molecular weight excluding hydrogens is 316 g/mol. The largest absolute Gasteiger partial charge is 0.472 e. The van der Waals surface area contributed by atoms with Gasteiger partial charge in [-0.2, -0.15) is 5.10 Å². The minimum Gasteiger partial charge on any atom is -0.472 e. The van der Waals surface area contributed by atoms with E-state index in [1.165, 1.54) is 11.1 Å². The van der Waals surface area contributed by atoms with E-state index in [4.69, 9.17) is 4.42 Å². The van der Waals surface area contributed by atoms with Gasteiger partial charge in [-0.1, -0.05) is 0 Å². The number of nitrogens with zero attached hydrogens (tertiary/aromatic N) is 4. The highest BCUT2D eigenvalue weighted by atomic mass is 16.3. The molecule has 0 atom stereocenters. The van der Waals surface area contributed by atoms with Crippen LogP contribution in [0.5, 0.6) is 0 Å². The third kappa shape index (κ3) is 4.31. The predicted octanol–water partition coefficient (Wildman–Crippen LogP) is 2.30. The molecule has 0 aliphatic carbocycles. The highest BCUT2D eigenvalue weighted by Crippen LogP contribution is 2.16. The van der Waals surface area contributed by atoms with E-state index in [1.807, 2.05) is 29.6 Å². The van der Waals surface area contributed by atoms with Gasteiger partial charge in [0.2, 0.25) is 5.91 Å². The van der Waals surface area contributed by atoms with Crippen LogP contribution in [0.1, 0.15) is 35.4 Å². The Hall–Kier alpha value is -2.08. The van der Waals surface area contributed by atoms with Crippen LogP contribution in [-0.2, 0) is 24.8 Å². The molecule has 6 nitrogen and oxygen atoms in total. The summed E-state index contributed by atoms with van der Waals surface area (Å²) >= 11 is 0. The number of hydrogen-bond donors (Lipinski definition) is 0. The van der Waals surface area contributed by atoms with Crippen LogP contribution in [0.25, 0.3) is 0 Å². The smallest absolute Gasteiger partial charge is 0.222 e. The summed E-state index contributed by atoms with van der Waals surface area (Å²) in [7, 11) is 1.96. The van der Waals surface area contributed by atoms with E-state index >= 15 is 0 Å². The first kappa shape index (κ1) is 17.7. The molecule has 2 aromatic heterocycles. The van der Waals surface area contributed by atoms with Crippen LogP contribution in [0.15, 0.2) is 23.0 Å². The maximum atomic E-state index is 12.6. The summed E-state index contributed by atoms with van der Waals surface area (Å²) in [5, 5.41) is 4.44. The third-order valence-electron chi connectivity index (χ3n) is 5.18. The molecule has 2 aromatic rings. The van der Waals surface area contributed by atoms with Gasteiger partial charge in [0.05, 0.1) is 18.2 Å². The van der Waals surface area contributed by atoms with Gasteiger partial charge in [-0.15, -0.1) is 0 Å². The molecule has 3 heterocycles. The van der Waals surface area contributed by atoms with Crippen molar-refractivity contribution in [3.8, 4) is 0 Å². The maximum absolute atomic E-state index is 12.6. The number of carbonyl (C=O) groups is 1. The fourth-order valence-electron chi connectivity index (χ4n) is 3.59. The summed E-state index contributed by atoms with van der Waals surface area (Å²) in [6, 6.07) is 2.01. The van der Waals surface area contributed by atoms with E-state index in [0.717, 1.165) is 57.0 Å². The SMILES string of the molecule is Cc1nn(C)c(C)c1CCC(=O)N1CCCN(Cc2ccoc2)CC1. The Balaban J connectivity index is 1.51. The minimum absolute atomic E-state index is 0.257. The highest BCUT2D eigenvalue weighted by molar-refractivity contribution is 5.76. The Morgan fingerprint density at radius 1 is 1.24 bits per heavy atom. The van der Waals surface area contributed by atoms with Crippen molar-refractivity contribution in [2.24, 2.45) is 7.05 Å². The Morgan fingerprint density at radius 2 is 2.08 bits per heavy atom. The second kappa shape index (κ2) is 7.87. The molecule has 0 spiro atoms. The fourth-order valence-corrected chi connectivity index (χ4v) is 3.59. The van der Waals surface area contributed by atoms with Crippen LogP contribution < -0.4 is 0 Å². The van der Waals surface area contributed by atoms with Crippen molar-refractivity contribution in [1.82, 2.24) is 19.6 Å². The lowest BCUT2D eigenvalue weighted by Crippen LogP contribution is -2.35. The number of furan rings is 1. The van der Waals surface area contributed by atoms with Gasteiger partial charge in [0.25, 0.3) is 0 Å². The molecule has 0 aromatic carbocycles. The number of aryl methyl sites for hydroxylation is 2. The second-order valence-corrected chi connectivity index (χ2v) is 6.92. The van der Waals surface area contributed by atoms with E-state index < -0.39 is 0 Å². The van der Waals surface area contributed by atoms with Gasteiger partial charge < -0.3 is 9.32 Å². The van der Waals surface area contributed by atoms with Crippen LogP contribution in [0, 0.1) is 13.8 Å². The van der Waals surface area contributed by atoms with E-state index in [1.54, 1.807) is 12.5 Å². The Morgan fingerprint density at radius 3 is 2.76 bits per heavy atom. The van der Waals surface area contributed by atoms with Gasteiger partial charge in [-0.05, 0) is 38.3 Å². The molecule has 0 saturated carbocycles. The van der Waals surface area contributed by atoms with Crippen LogP contribution in [0.2, 0.25) is 0 Å². The lowest BCUT2D eigenvalue weighted by molar-refractivity contribution is -0.131. The van der Waals surface area contributed by atoms with E-state index in [2.05, 4.69) is 16.9 Å². The van der Waals surface area contributed by atoms with Crippen molar-refractivity contribution in [2.75, 3.05) is 26.2 Å². The van der Waals surface area contributed by atoms with Crippen molar-refractivity contribution in [2.45, 2.75) is 39.7 Å². The molecule has 6 heteroatoms. The number of carbonyl (C=O) groups excluding carboxylic acids is 1. The molecule has 25 heavy (non-hydrogen) atoms. The quantitative estimate of drug-likeness (QED) is 0.835. The molecule has 0 N–H and O–H groups in total. The molecule has 0 radical (unpaired) electrons. The first-order chi connectivity index (χ1) is 12.0. The highest BCUT2D eigenvalue weighted by Gasteiger charge is 2.20. The van der Waals surface area contributed by atoms with Crippen molar-refractivity contribution >= 4 is 5.91 Å². The Labute approximate surface area is 149 Å². The van der Waals surface area contributed by atoms with Crippen LogP contribution in [0.3, 0.4) is 0 Å². The average Bonchev–Trinajstić information content (AvgIpc) is 3.08. The van der Waals surface area contributed by atoms with Crippen molar-refractivity contribution < 1.29 is 9.21 Å². The molecule has 3 rings (SSSR count). The molecule has 1 aliphatic rings. The van der Waals surface area contributed by atoms with Gasteiger partial charge in [0.1, 0.15) is 0 Å². The van der Waals surface area contributed by atoms with Gasteiger partial charge in [-0.25, -0.2) is 0 Å². The third-order valence-corrected chi connectivity index (χ3v) is 5.18. The summed E-state index contributed by atoms with van der Waals surface area (Å²) in [6.45, 7) is 8.59. The van der Waals surface area contributed by atoms with Crippen LogP contribution in [0.4, 0.5) is 0 Å². The maximum Gasteiger partial charge on any atom is 0.222 e. The summed E-state index contributed by atoms with van der Waals surface area (Å²) in [5.74, 6) is 0.257. The van der Waals surface area contributed by atoms with Crippen LogP contribution in [-0.4, -0.2) is 51.7 Å². The summed E-state index contributed by atoms with van der Waals surface area (Å²) in [6.07, 6.45) is 5.88. The van der Waals surface area contributed by atoms with Gasteiger partial charge in [-0.3, -0.25) is 14.4 Å². The second-order valence-electron chi connectivity index (χ2n) is 6.92. The van der Waals surface area contributed by atoms with Crippen molar-refractivity contribution in [1.29, 1.82) is 0 Å². The lowest BCUT2D eigenvalue weighted by atomic mass is 10.1. The van der Waals surface area contributed by atoms with E-state index in [0.29, 0.717) is 6.42 Å². The molecule has 0 unspecified atom stereocenters. The first-order valence-electron chi connectivity index (χ1n) is 9.05. The van der Waals surface area contributed by atoms with Crippen LogP contribution >= 0.6 is 0 Å². The zero-order valence-corrected chi connectivity index (χ0v) is 15.5. The van der Waals surface area contributed by atoms with Gasteiger partial charge >= 0.3 is 0 Å². The summed E-state index contributed by atoms with van der Waals surface area (Å²) in [4.78, 5) is 17.1. The summed E-state index contributed by atoms with van der Waals surface area (Å²) < 4.78 is 7.04. The molecule has 136 valence electrons. The molecule has 1 saturated heterocycles.